The van der Waals surface area contributed by atoms with Gasteiger partial charge in [-0.25, -0.2) is 0 Å². The predicted molar refractivity (Wildman–Crippen MR) is 102 cm³/mol. The Morgan fingerprint density at radius 2 is 1.72 bits per heavy atom. The third-order valence-electron chi connectivity index (χ3n) is 4.18. The fourth-order valence-corrected chi connectivity index (χ4v) is 2.62. The molecule has 0 aliphatic rings. The molecule has 0 bridgehead atoms. The first-order valence-electron chi connectivity index (χ1n) is 8.78. The van der Waals surface area contributed by atoms with Gasteiger partial charge in [-0.3, -0.25) is 9.69 Å². The molecule has 0 spiro atoms. The molecule has 0 aliphatic carbocycles. The van der Waals surface area contributed by atoms with Gasteiger partial charge >= 0.3 is 0 Å². The highest BCUT2D eigenvalue weighted by Crippen LogP contribution is 2.15. The van der Waals surface area contributed by atoms with Gasteiger partial charge in [-0.2, -0.15) is 0 Å². The van der Waals surface area contributed by atoms with Crippen LogP contribution >= 0.6 is 0 Å². The average molecular weight is 340 g/mol. The lowest BCUT2D eigenvalue weighted by Gasteiger charge is -2.24. The summed E-state index contributed by atoms with van der Waals surface area (Å²) < 4.78 is 5.80. The molecule has 25 heavy (non-hydrogen) atoms. The highest BCUT2D eigenvalue weighted by Gasteiger charge is 2.14. The number of benzene rings is 2. The van der Waals surface area contributed by atoms with Crippen LogP contribution in [0.15, 0.2) is 54.6 Å². The number of carbonyl (C=O) groups excluding carboxylic acids is 1. The van der Waals surface area contributed by atoms with E-state index in [0.717, 1.165) is 16.9 Å². The Morgan fingerprint density at radius 1 is 1.04 bits per heavy atom. The standard InChI is InChI=1S/C21H28N2O2/c1-4-23(16-19-11-6-5-7-12-19)21(24)17-22(3)14-15-25-20-13-9-8-10-18(20)2/h5-13H,4,14-17H2,1-3H3. The molecule has 2 rings (SSSR count). The molecule has 0 saturated carbocycles. The summed E-state index contributed by atoms with van der Waals surface area (Å²) in [5.41, 5.74) is 2.28. The first-order chi connectivity index (χ1) is 12.1. The lowest BCUT2D eigenvalue weighted by atomic mass is 10.2. The van der Waals surface area contributed by atoms with Crippen molar-refractivity contribution in [3.63, 3.8) is 0 Å². The number of hydrogen-bond donors (Lipinski definition) is 0. The van der Waals surface area contributed by atoms with Crippen LogP contribution in [0, 0.1) is 6.92 Å². The fraction of sp³-hybridized carbons (Fsp3) is 0.381. The number of hydrogen-bond acceptors (Lipinski definition) is 3. The van der Waals surface area contributed by atoms with Crippen LogP contribution in [0.5, 0.6) is 5.75 Å². The van der Waals surface area contributed by atoms with Gasteiger partial charge in [-0.15, -0.1) is 0 Å². The van der Waals surface area contributed by atoms with Crippen LogP contribution in [0.3, 0.4) is 0 Å². The fourth-order valence-electron chi connectivity index (χ4n) is 2.62. The van der Waals surface area contributed by atoms with Crippen molar-refractivity contribution in [2.45, 2.75) is 20.4 Å². The van der Waals surface area contributed by atoms with Crippen molar-refractivity contribution in [3.8, 4) is 5.75 Å². The normalized spacial score (nSPS) is 10.7. The molecule has 2 aromatic carbocycles. The van der Waals surface area contributed by atoms with Gasteiger partial charge < -0.3 is 9.64 Å². The summed E-state index contributed by atoms with van der Waals surface area (Å²) in [6, 6.07) is 18.1. The second-order valence-corrected chi connectivity index (χ2v) is 6.25. The van der Waals surface area contributed by atoms with E-state index in [1.807, 2.05) is 73.2 Å². The number of amides is 1. The van der Waals surface area contributed by atoms with Crippen LogP contribution in [0.25, 0.3) is 0 Å². The highest BCUT2D eigenvalue weighted by atomic mass is 16.5. The molecule has 0 saturated heterocycles. The Bertz CT molecular complexity index is 658. The van der Waals surface area contributed by atoms with Gasteiger partial charge in [0, 0.05) is 19.6 Å². The summed E-state index contributed by atoms with van der Waals surface area (Å²) in [4.78, 5) is 16.4. The summed E-state index contributed by atoms with van der Waals surface area (Å²) in [6.45, 7) is 7.10. The highest BCUT2D eigenvalue weighted by molar-refractivity contribution is 5.78. The Hall–Kier alpha value is -2.33. The molecule has 1 amide bonds. The van der Waals surface area contributed by atoms with Crippen molar-refractivity contribution in [2.75, 3.05) is 33.3 Å². The van der Waals surface area contributed by atoms with Crippen LogP contribution in [-0.2, 0) is 11.3 Å². The molecule has 0 aromatic heterocycles. The summed E-state index contributed by atoms with van der Waals surface area (Å²) in [7, 11) is 1.95. The van der Waals surface area contributed by atoms with Crippen molar-refractivity contribution >= 4 is 5.91 Å². The van der Waals surface area contributed by atoms with Gasteiger partial charge in [0.05, 0.1) is 6.54 Å². The Labute approximate surface area is 151 Å². The summed E-state index contributed by atoms with van der Waals surface area (Å²) in [5, 5.41) is 0. The van der Waals surface area contributed by atoms with E-state index >= 15 is 0 Å². The molecule has 2 aromatic rings. The molecular formula is C21H28N2O2. The smallest absolute Gasteiger partial charge is 0.237 e. The van der Waals surface area contributed by atoms with Crippen molar-refractivity contribution in [3.05, 3.63) is 65.7 Å². The molecule has 4 nitrogen and oxygen atoms in total. The number of aryl methyl sites for hydroxylation is 1. The molecule has 0 unspecified atom stereocenters. The van der Waals surface area contributed by atoms with Crippen molar-refractivity contribution in [1.29, 1.82) is 0 Å². The van der Waals surface area contributed by atoms with Crippen LogP contribution in [-0.4, -0.2) is 49.0 Å². The second kappa shape index (κ2) is 9.84. The minimum absolute atomic E-state index is 0.143. The summed E-state index contributed by atoms with van der Waals surface area (Å²) in [6.07, 6.45) is 0. The average Bonchev–Trinajstić information content (AvgIpc) is 2.62. The van der Waals surface area contributed by atoms with Crippen molar-refractivity contribution in [2.24, 2.45) is 0 Å². The number of ether oxygens (including phenoxy) is 1. The molecule has 0 heterocycles. The van der Waals surface area contributed by atoms with Gasteiger partial charge in [0.1, 0.15) is 12.4 Å². The van der Waals surface area contributed by atoms with Crippen LogP contribution in [0.1, 0.15) is 18.1 Å². The monoisotopic (exact) mass is 340 g/mol. The first kappa shape index (κ1) is 19.0. The van der Waals surface area contributed by atoms with E-state index in [1.54, 1.807) is 0 Å². The van der Waals surface area contributed by atoms with E-state index in [9.17, 15) is 4.79 Å². The molecular weight excluding hydrogens is 312 g/mol. The molecule has 0 fully saturated rings. The maximum Gasteiger partial charge on any atom is 0.237 e. The van der Waals surface area contributed by atoms with E-state index in [4.69, 9.17) is 4.74 Å². The number of para-hydroxylation sites is 1. The van der Waals surface area contributed by atoms with E-state index in [-0.39, 0.29) is 5.91 Å². The summed E-state index contributed by atoms with van der Waals surface area (Å²) >= 11 is 0. The van der Waals surface area contributed by atoms with Gasteiger partial charge in [0.25, 0.3) is 0 Å². The van der Waals surface area contributed by atoms with Gasteiger partial charge in [0.2, 0.25) is 5.91 Å². The molecule has 134 valence electrons. The van der Waals surface area contributed by atoms with E-state index < -0.39 is 0 Å². The van der Waals surface area contributed by atoms with E-state index in [0.29, 0.717) is 32.8 Å². The van der Waals surface area contributed by atoms with Crippen LogP contribution in [0.2, 0.25) is 0 Å². The number of likely N-dealkylation sites (N-methyl/N-ethyl adjacent to an activating group) is 2. The molecule has 0 N–H and O–H groups in total. The van der Waals surface area contributed by atoms with Crippen molar-refractivity contribution in [1.82, 2.24) is 9.80 Å². The zero-order chi connectivity index (χ0) is 18.1. The Kier molecular flexibility index (Phi) is 7.48. The molecule has 0 aliphatic heterocycles. The molecule has 0 atom stereocenters. The lowest BCUT2D eigenvalue weighted by Crippen LogP contribution is -2.39. The topological polar surface area (TPSA) is 32.8 Å². The van der Waals surface area contributed by atoms with E-state index in [2.05, 4.69) is 12.1 Å². The Morgan fingerprint density at radius 3 is 2.40 bits per heavy atom. The Balaban J connectivity index is 1.77. The number of carbonyl (C=O) groups is 1. The van der Waals surface area contributed by atoms with Gasteiger partial charge in [-0.1, -0.05) is 48.5 Å². The maximum absolute atomic E-state index is 12.5. The van der Waals surface area contributed by atoms with Crippen LogP contribution in [0.4, 0.5) is 0 Å². The van der Waals surface area contributed by atoms with Crippen LogP contribution < -0.4 is 4.74 Å². The minimum Gasteiger partial charge on any atom is -0.492 e. The lowest BCUT2D eigenvalue weighted by molar-refractivity contribution is -0.132. The number of nitrogens with zero attached hydrogens (tertiary/aromatic N) is 2. The minimum atomic E-state index is 0.143. The zero-order valence-electron chi connectivity index (χ0n) is 15.4. The van der Waals surface area contributed by atoms with Gasteiger partial charge in [-0.05, 0) is 38.1 Å². The predicted octanol–water partition coefficient (Wildman–Crippen LogP) is 3.35. The third kappa shape index (κ3) is 6.24. The molecule has 4 heteroatoms. The van der Waals surface area contributed by atoms with Crippen molar-refractivity contribution < 1.29 is 9.53 Å². The van der Waals surface area contributed by atoms with E-state index in [1.165, 1.54) is 0 Å². The third-order valence-corrected chi connectivity index (χ3v) is 4.18. The maximum atomic E-state index is 12.5. The quantitative estimate of drug-likeness (QED) is 0.702. The SMILES string of the molecule is CCN(Cc1ccccc1)C(=O)CN(C)CCOc1ccccc1C. The summed E-state index contributed by atoms with van der Waals surface area (Å²) in [5.74, 6) is 1.05. The first-order valence-corrected chi connectivity index (χ1v) is 8.78. The van der Waals surface area contributed by atoms with Gasteiger partial charge in [0.15, 0.2) is 0 Å². The second-order valence-electron chi connectivity index (χ2n) is 6.25. The zero-order valence-corrected chi connectivity index (χ0v) is 15.4. The largest absolute Gasteiger partial charge is 0.492 e. The molecule has 0 radical (unpaired) electrons. The number of rotatable bonds is 9.